The van der Waals surface area contributed by atoms with E-state index >= 15 is 0 Å². The highest BCUT2D eigenvalue weighted by Gasteiger charge is 2.26. The maximum absolute atomic E-state index is 12.1. The number of aliphatic carboxylic acids is 1. The topological polar surface area (TPSA) is 87.7 Å². The van der Waals surface area contributed by atoms with Crippen LogP contribution in [-0.2, 0) is 4.79 Å². The van der Waals surface area contributed by atoms with Crippen molar-refractivity contribution >= 4 is 17.7 Å². The number of amides is 2. The molecule has 6 nitrogen and oxygen atoms in total. The summed E-state index contributed by atoms with van der Waals surface area (Å²) in [5.41, 5.74) is 0.626. The number of nitrogens with one attached hydrogen (secondary N) is 2. The van der Waals surface area contributed by atoms with Gasteiger partial charge >= 0.3 is 12.0 Å². The van der Waals surface area contributed by atoms with Gasteiger partial charge in [-0.1, -0.05) is 12.1 Å². The van der Waals surface area contributed by atoms with E-state index in [0.717, 1.165) is 0 Å². The molecule has 2 rings (SSSR count). The number of urea groups is 1. The summed E-state index contributed by atoms with van der Waals surface area (Å²) in [6.45, 7) is 2.41. The lowest BCUT2D eigenvalue weighted by Crippen LogP contribution is -2.41. The molecule has 0 aliphatic heterocycles. The van der Waals surface area contributed by atoms with Crippen molar-refractivity contribution in [3.8, 4) is 5.75 Å². The van der Waals surface area contributed by atoms with Crippen LogP contribution in [-0.4, -0.2) is 29.8 Å². The average molecular weight is 306 g/mol. The maximum atomic E-state index is 12.1. The molecule has 1 saturated carbocycles. The van der Waals surface area contributed by atoms with Crippen molar-refractivity contribution < 1.29 is 19.4 Å². The third-order valence-electron chi connectivity index (χ3n) is 3.85. The van der Waals surface area contributed by atoms with E-state index in [-0.39, 0.29) is 18.0 Å². The first-order valence-corrected chi connectivity index (χ1v) is 7.62. The average Bonchev–Trinajstić information content (AvgIpc) is 2.50. The Hall–Kier alpha value is -2.24. The highest BCUT2D eigenvalue weighted by atomic mass is 16.5. The molecule has 2 amide bonds. The van der Waals surface area contributed by atoms with E-state index in [2.05, 4.69) is 10.6 Å². The molecular weight excluding hydrogens is 284 g/mol. The zero-order valence-electron chi connectivity index (χ0n) is 12.7. The lowest BCUT2D eigenvalue weighted by Gasteiger charge is -2.27. The highest BCUT2D eigenvalue weighted by molar-refractivity contribution is 5.91. The fraction of sp³-hybridized carbons (Fsp3) is 0.500. The Balaban J connectivity index is 1.85. The number of hydrogen-bond acceptors (Lipinski definition) is 3. The largest absolute Gasteiger partial charge is 0.492 e. The minimum atomic E-state index is -0.742. The number of carbonyl (C=O) groups is 2. The predicted octanol–water partition coefficient (Wildman–Crippen LogP) is 2.85. The van der Waals surface area contributed by atoms with Gasteiger partial charge in [0.15, 0.2) is 0 Å². The van der Waals surface area contributed by atoms with Crippen LogP contribution in [0.2, 0.25) is 0 Å². The molecule has 0 heterocycles. The number of carbonyl (C=O) groups excluding carboxylic acids is 1. The van der Waals surface area contributed by atoms with Crippen molar-refractivity contribution in [1.82, 2.24) is 5.32 Å². The Morgan fingerprint density at radius 3 is 2.55 bits per heavy atom. The second-order valence-corrected chi connectivity index (χ2v) is 5.41. The summed E-state index contributed by atoms with van der Waals surface area (Å²) in [6, 6.07) is 7.00. The van der Waals surface area contributed by atoms with Gasteiger partial charge in [0.2, 0.25) is 0 Å². The molecule has 0 unspecified atom stereocenters. The summed E-state index contributed by atoms with van der Waals surface area (Å²) in [4.78, 5) is 23.0. The van der Waals surface area contributed by atoms with Gasteiger partial charge in [-0.3, -0.25) is 4.79 Å². The Labute approximate surface area is 129 Å². The first kappa shape index (κ1) is 16.1. The van der Waals surface area contributed by atoms with E-state index in [1.165, 1.54) is 0 Å². The van der Waals surface area contributed by atoms with E-state index in [4.69, 9.17) is 9.84 Å². The fourth-order valence-corrected chi connectivity index (χ4v) is 2.68. The molecule has 1 aliphatic rings. The van der Waals surface area contributed by atoms with Crippen molar-refractivity contribution in [2.24, 2.45) is 5.92 Å². The third-order valence-corrected chi connectivity index (χ3v) is 3.85. The normalized spacial score (nSPS) is 21.0. The summed E-state index contributed by atoms with van der Waals surface area (Å²) >= 11 is 0. The number of carboxylic acid groups (broad SMARTS) is 1. The molecule has 0 radical (unpaired) electrons. The van der Waals surface area contributed by atoms with E-state index in [1.807, 2.05) is 19.1 Å². The van der Waals surface area contributed by atoms with Crippen LogP contribution in [0, 0.1) is 5.92 Å². The van der Waals surface area contributed by atoms with Crippen molar-refractivity contribution in [1.29, 1.82) is 0 Å². The molecule has 120 valence electrons. The van der Waals surface area contributed by atoms with Crippen LogP contribution in [0.4, 0.5) is 10.5 Å². The van der Waals surface area contributed by atoms with Gasteiger partial charge < -0.3 is 20.5 Å². The van der Waals surface area contributed by atoms with Crippen LogP contribution in [0.3, 0.4) is 0 Å². The first-order valence-electron chi connectivity index (χ1n) is 7.62. The second kappa shape index (κ2) is 7.68. The smallest absolute Gasteiger partial charge is 0.319 e. The van der Waals surface area contributed by atoms with Crippen LogP contribution in [0.15, 0.2) is 24.3 Å². The summed E-state index contributed by atoms with van der Waals surface area (Å²) < 4.78 is 5.46. The number of rotatable bonds is 5. The number of carboxylic acids is 1. The molecule has 22 heavy (non-hydrogen) atoms. The number of para-hydroxylation sites is 2. The van der Waals surface area contributed by atoms with Crippen LogP contribution in [0.5, 0.6) is 5.75 Å². The van der Waals surface area contributed by atoms with Crippen molar-refractivity contribution in [2.75, 3.05) is 11.9 Å². The van der Waals surface area contributed by atoms with Crippen LogP contribution < -0.4 is 15.4 Å². The molecule has 6 heteroatoms. The summed E-state index contributed by atoms with van der Waals surface area (Å²) in [5.74, 6) is -0.386. The van der Waals surface area contributed by atoms with Crippen molar-refractivity contribution in [3.05, 3.63) is 24.3 Å². The SMILES string of the molecule is CCOc1ccccc1NC(=O)NC1CCC(C(=O)O)CC1. The Kier molecular flexibility index (Phi) is 5.63. The maximum Gasteiger partial charge on any atom is 0.319 e. The summed E-state index contributed by atoms with van der Waals surface area (Å²) in [5, 5.41) is 14.7. The third kappa shape index (κ3) is 4.38. The molecule has 1 aromatic carbocycles. The quantitative estimate of drug-likeness (QED) is 0.780. The molecule has 1 aliphatic carbocycles. The monoisotopic (exact) mass is 306 g/mol. The van der Waals surface area contributed by atoms with Crippen molar-refractivity contribution in [2.45, 2.75) is 38.6 Å². The number of anilines is 1. The lowest BCUT2D eigenvalue weighted by atomic mass is 9.86. The van der Waals surface area contributed by atoms with Gasteiger partial charge in [-0.25, -0.2) is 4.79 Å². The van der Waals surface area contributed by atoms with Gasteiger partial charge in [-0.15, -0.1) is 0 Å². The zero-order chi connectivity index (χ0) is 15.9. The van der Waals surface area contributed by atoms with Gasteiger partial charge in [-0.05, 0) is 44.7 Å². The molecule has 1 aromatic rings. The van der Waals surface area contributed by atoms with E-state index in [1.54, 1.807) is 12.1 Å². The fourth-order valence-electron chi connectivity index (χ4n) is 2.68. The van der Waals surface area contributed by atoms with Crippen LogP contribution in [0.25, 0.3) is 0 Å². The van der Waals surface area contributed by atoms with Crippen molar-refractivity contribution in [3.63, 3.8) is 0 Å². The van der Waals surface area contributed by atoms with Crippen LogP contribution in [0.1, 0.15) is 32.6 Å². The number of hydrogen-bond donors (Lipinski definition) is 3. The Morgan fingerprint density at radius 1 is 1.23 bits per heavy atom. The zero-order valence-corrected chi connectivity index (χ0v) is 12.7. The van der Waals surface area contributed by atoms with Gasteiger partial charge in [0.05, 0.1) is 18.2 Å². The standard InChI is InChI=1S/C16H22N2O4/c1-2-22-14-6-4-3-5-13(14)18-16(21)17-12-9-7-11(8-10-12)15(19)20/h3-6,11-12H,2,7-10H2,1H3,(H,19,20)(H2,17,18,21). The van der Waals surface area contributed by atoms with E-state index in [0.29, 0.717) is 43.7 Å². The van der Waals surface area contributed by atoms with Gasteiger partial charge in [0.25, 0.3) is 0 Å². The molecule has 0 saturated heterocycles. The molecule has 1 fully saturated rings. The molecular formula is C16H22N2O4. The molecule has 0 aromatic heterocycles. The van der Waals surface area contributed by atoms with Crippen LogP contribution >= 0.6 is 0 Å². The minimum Gasteiger partial charge on any atom is -0.492 e. The lowest BCUT2D eigenvalue weighted by molar-refractivity contribution is -0.142. The number of benzene rings is 1. The predicted molar refractivity (Wildman–Crippen MR) is 83.1 cm³/mol. The molecule has 0 spiro atoms. The second-order valence-electron chi connectivity index (χ2n) is 5.41. The number of ether oxygens (including phenoxy) is 1. The minimum absolute atomic E-state index is 0.0230. The molecule has 3 N–H and O–H groups in total. The summed E-state index contributed by atoms with van der Waals surface area (Å²) in [7, 11) is 0. The van der Waals surface area contributed by atoms with Gasteiger partial charge in [0, 0.05) is 6.04 Å². The molecule has 0 atom stereocenters. The highest BCUT2D eigenvalue weighted by Crippen LogP contribution is 2.26. The molecule has 0 bridgehead atoms. The van der Waals surface area contributed by atoms with Gasteiger partial charge in [-0.2, -0.15) is 0 Å². The Morgan fingerprint density at radius 2 is 1.91 bits per heavy atom. The Bertz CT molecular complexity index is 525. The summed E-state index contributed by atoms with van der Waals surface area (Å²) in [6.07, 6.45) is 2.60. The first-order chi connectivity index (χ1) is 10.6. The van der Waals surface area contributed by atoms with E-state index in [9.17, 15) is 9.59 Å². The van der Waals surface area contributed by atoms with Gasteiger partial charge in [0.1, 0.15) is 5.75 Å². The van der Waals surface area contributed by atoms with E-state index < -0.39 is 5.97 Å².